The molecule has 0 aliphatic heterocycles. The monoisotopic (exact) mass is 1070 g/mol. The minimum absolute atomic E-state index is 0.00130. The first-order chi connectivity index (χ1) is 37.5. The number of esters is 1. The number of hydrogen-bond acceptors (Lipinski definition) is 5. The summed E-state index contributed by atoms with van der Waals surface area (Å²) in [5, 5.41) is 23.2. The fraction of sp³-hybridized carbons (Fsp3) is 0.886. The van der Waals surface area contributed by atoms with Crippen molar-refractivity contribution in [2.75, 3.05) is 13.2 Å². The third kappa shape index (κ3) is 61.3. The lowest BCUT2D eigenvalue weighted by atomic mass is 10.0. The van der Waals surface area contributed by atoms with E-state index in [1.807, 2.05) is 6.08 Å². The first-order valence-corrected chi connectivity index (χ1v) is 34.3. The highest BCUT2D eigenvalue weighted by Crippen LogP contribution is 2.18. The van der Waals surface area contributed by atoms with Crippen LogP contribution in [0.15, 0.2) is 36.5 Å². The van der Waals surface area contributed by atoms with E-state index in [1.54, 1.807) is 6.08 Å². The average Bonchev–Trinajstić information content (AvgIpc) is 3.42. The Morgan fingerprint density at radius 3 is 0.934 bits per heavy atom. The molecule has 76 heavy (non-hydrogen) atoms. The Morgan fingerprint density at radius 2 is 0.618 bits per heavy atom. The number of allylic oxidation sites excluding steroid dienone is 5. The zero-order chi connectivity index (χ0) is 55.0. The van der Waals surface area contributed by atoms with Gasteiger partial charge in [-0.3, -0.25) is 9.59 Å². The number of rotatable bonds is 64. The molecule has 0 radical (unpaired) electrons. The van der Waals surface area contributed by atoms with Gasteiger partial charge in [-0.05, 0) is 83.5 Å². The summed E-state index contributed by atoms with van der Waals surface area (Å²) in [6.07, 6.45) is 83.5. The van der Waals surface area contributed by atoms with Crippen LogP contribution in [-0.4, -0.2) is 47.4 Å². The van der Waals surface area contributed by atoms with Crippen LogP contribution in [-0.2, 0) is 14.3 Å². The van der Waals surface area contributed by atoms with E-state index in [0.29, 0.717) is 19.4 Å². The van der Waals surface area contributed by atoms with Crippen LogP contribution in [0.2, 0.25) is 0 Å². The quantitative estimate of drug-likeness (QED) is 0.0320. The van der Waals surface area contributed by atoms with Gasteiger partial charge in [-0.2, -0.15) is 0 Å². The summed E-state index contributed by atoms with van der Waals surface area (Å²) in [5.41, 5.74) is 0. The van der Waals surface area contributed by atoms with Crippen LogP contribution in [0.1, 0.15) is 373 Å². The van der Waals surface area contributed by atoms with Gasteiger partial charge in [0, 0.05) is 12.8 Å². The van der Waals surface area contributed by atoms with Gasteiger partial charge >= 0.3 is 5.97 Å². The predicted molar refractivity (Wildman–Crippen MR) is 333 cm³/mol. The number of carbonyl (C=O) groups excluding carboxylic acids is 2. The van der Waals surface area contributed by atoms with Crippen LogP contribution < -0.4 is 5.32 Å². The third-order valence-electron chi connectivity index (χ3n) is 15.9. The van der Waals surface area contributed by atoms with Gasteiger partial charge in [0.15, 0.2) is 0 Å². The minimum atomic E-state index is -0.852. The molecule has 0 aliphatic rings. The minimum Gasteiger partial charge on any atom is -0.466 e. The lowest BCUT2D eigenvalue weighted by Crippen LogP contribution is -2.45. The molecule has 0 saturated carbocycles. The van der Waals surface area contributed by atoms with E-state index in [0.717, 1.165) is 51.4 Å². The van der Waals surface area contributed by atoms with Crippen LogP contribution in [0.4, 0.5) is 0 Å². The van der Waals surface area contributed by atoms with Crippen molar-refractivity contribution >= 4 is 11.9 Å². The number of amides is 1. The van der Waals surface area contributed by atoms with Crippen molar-refractivity contribution in [2.24, 2.45) is 0 Å². The van der Waals surface area contributed by atoms with Gasteiger partial charge in [-0.1, -0.05) is 314 Å². The molecule has 0 aromatic heterocycles. The Balaban J connectivity index is 3.46. The van der Waals surface area contributed by atoms with Crippen molar-refractivity contribution in [3.05, 3.63) is 36.5 Å². The molecule has 0 aromatic rings. The molecular weight excluding hydrogens is 935 g/mol. The first kappa shape index (κ1) is 74.1. The Hall–Kier alpha value is -1.92. The Labute approximate surface area is 474 Å². The summed E-state index contributed by atoms with van der Waals surface area (Å²) in [4.78, 5) is 24.6. The highest BCUT2D eigenvalue weighted by molar-refractivity contribution is 5.76. The smallest absolute Gasteiger partial charge is 0.305 e. The maximum absolute atomic E-state index is 12.5. The van der Waals surface area contributed by atoms with Crippen LogP contribution in [0.25, 0.3) is 0 Å². The Kier molecular flexibility index (Phi) is 63.9. The molecule has 0 spiro atoms. The topological polar surface area (TPSA) is 95.9 Å². The second-order valence-corrected chi connectivity index (χ2v) is 23.5. The molecule has 2 atom stereocenters. The van der Waals surface area contributed by atoms with E-state index >= 15 is 0 Å². The summed E-state index contributed by atoms with van der Waals surface area (Å²) in [5.74, 6) is -0.0747. The van der Waals surface area contributed by atoms with E-state index in [1.165, 1.54) is 295 Å². The van der Waals surface area contributed by atoms with Crippen LogP contribution in [0.3, 0.4) is 0 Å². The van der Waals surface area contributed by atoms with E-state index in [9.17, 15) is 19.8 Å². The van der Waals surface area contributed by atoms with Crippen molar-refractivity contribution in [3.63, 3.8) is 0 Å². The van der Waals surface area contributed by atoms with Crippen molar-refractivity contribution in [1.82, 2.24) is 5.32 Å². The summed E-state index contributed by atoms with van der Waals surface area (Å²) < 4.78 is 5.49. The van der Waals surface area contributed by atoms with Crippen molar-refractivity contribution in [3.8, 4) is 0 Å². The number of ether oxygens (including phenoxy) is 1. The Morgan fingerprint density at radius 1 is 0.355 bits per heavy atom. The standard InChI is InChI=1S/C70H133NO5/c1-3-5-7-9-11-13-15-17-19-21-22-23-24-25-28-31-34-38-42-46-50-54-58-62-68(73)67(66-72)71-69(74)63-59-55-51-47-43-39-35-32-29-26-27-30-33-37-41-45-49-53-57-61-65-76-70(75)64-60-56-52-48-44-40-36-20-18-16-14-12-10-8-6-4-2/h20,26,29,36,58,62,67-68,72-73H,3-19,21-25,27-28,30-35,37-57,59-61,63-66H2,1-2H3,(H,71,74)/b29-26-,36-20-,62-58+. The molecule has 6 heteroatoms. The summed E-state index contributed by atoms with van der Waals surface area (Å²) in [6.45, 7) is 4.92. The number of aliphatic hydroxyl groups is 2. The SMILES string of the molecule is CCCCCCCCC/C=C\CCCCCCCC(=O)OCCCCCCCCCCC/C=C\CCCCCCCCCC(=O)NC(CO)C(O)/C=C/CCCCCCCCCCCCCCCCCCCCCCC. The Bertz CT molecular complexity index is 1230. The van der Waals surface area contributed by atoms with Gasteiger partial charge in [0.05, 0.1) is 25.4 Å². The second-order valence-electron chi connectivity index (χ2n) is 23.5. The van der Waals surface area contributed by atoms with E-state index in [4.69, 9.17) is 4.74 Å². The fourth-order valence-corrected chi connectivity index (χ4v) is 10.6. The number of nitrogens with one attached hydrogen (secondary N) is 1. The molecule has 0 rings (SSSR count). The van der Waals surface area contributed by atoms with Gasteiger partial charge in [-0.25, -0.2) is 0 Å². The maximum Gasteiger partial charge on any atom is 0.305 e. The van der Waals surface area contributed by atoms with Gasteiger partial charge in [0.2, 0.25) is 5.91 Å². The zero-order valence-electron chi connectivity index (χ0n) is 51.3. The first-order valence-electron chi connectivity index (χ1n) is 34.3. The molecule has 3 N–H and O–H groups in total. The fourth-order valence-electron chi connectivity index (χ4n) is 10.6. The molecule has 2 unspecified atom stereocenters. The molecule has 0 aromatic carbocycles. The predicted octanol–water partition coefficient (Wildman–Crippen LogP) is 21.9. The zero-order valence-corrected chi connectivity index (χ0v) is 51.3. The second kappa shape index (κ2) is 65.6. The van der Waals surface area contributed by atoms with Gasteiger partial charge in [0.25, 0.3) is 0 Å². The lowest BCUT2D eigenvalue weighted by molar-refractivity contribution is -0.143. The molecule has 0 heterocycles. The molecular formula is C70H133NO5. The third-order valence-corrected chi connectivity index (χ3v) is 15.9. The maximum atomic E-state index is 12.5. The number of unbranched alkanes of at least 4 members (excludes halogenated alkanes) is 49. The van der Waals surface area contributed by atoms with Crippen LogP contribution in [0.5, 0.6) is 0 Å². The highest BCUT2D eigenvalue weighted by atomic mass is 16.5. The summed E-state index contributed by atoms with van der Waals surface area (Å²) in [6, 6.07) is -0.636. The number of aliphatic hydroxyl groups excluding tert-OH is 2. The average molecular weight is 1070 g/mol. The van der Waals surface area contributed by atoms with Crippen LogP contribution in [0, 0.1) is 0 Å². The van der Waals surface area contributed by atoms with E-state index in [-0.39, 0.29) is 18.5 Å². The molecule has 0 fully saturated rings. The normalized spacial score (nSPS) is 12.7. The number of carbonyl (C=O) groups is 2. The van der Waals surface area contributed by atoms with Crippen molar-refractivity contribution in [1.29, 1.82) is 0 Å². The largest absolute Gasteiger partial charge is 0.466 e. The molecule has 0 aliphatic carbocycles. The van der Waals surface area contributed by atoms with Crippen molar-refractivity contribution in [2.45, 2.75) is 386 Å². The van der Waals surface area contributed by atoms with Gasteiger partial charge < -0.3 is 20.3 Å². The van der Waals surface area contributed by atoms with E-state index < -0.39 is 12.1 Å². The van der Waals surface area contributed by atoms with E-state index in [2.05, 4.69) is 43.5 Å². The van der Waals surface area contributed by atoms with Crippen LogP contribution >= 0.6 is 0 Å². The molecule has 0 bridgehead atoms. The van der Waals surface area contributed by atoms with Gasteiger partial charge in [0.1, 0.15) is 0 Å². The number of hydrogen-bond donors (Lipinski definition) is 3. The van der Waals surface area contributed by atoms with Crippen molar-refractivity contribution < 1.29 is 24.5 Å². The summed E-state index contributed by atoms with van der Waals surface area (Å²) in [7, 11) is 0. The summed E-state index contributed by atoms with van der Waals surface area (Å²) >= 11 is 0. The molecule has 448 valence electrons. The molecule has 1 amide bonds. The lowest BCUT2D eigenvalue weighted by Gasteiger charge is -2.20. The van der Waals surface area contributed by atoms with Gasteiger partial charge in [-0.15, -0.1) is 0 Å². The molecule has 6 nitrogen and oxygen atoms in total. The molecule has 0 saturated heterocycles. The highest BCUT2D eigenvalue weighted by Gasteiger charge is 2.18.